The van der Waals surface area contributed by atoms with Gasteiger partial charge in [0.2, 0.25) is 0 Å². The fourth-order valence-corrected chi connectivity index (χ4v) is 3.57. The van der Waals surface area contributed by atoms with Crippen LogP contribution in [0.5, 0.6) is 0 Å². The summed E-state index contributed by atoms with van der Waals surface area (Å²) in [4.78, 5) is 27.1. The van der Waals surface area contributed by atoms with Crippen LogP contribution >= 0.6 is 11.6 Å². The first-order chi connectivity index (χ1) is 14.1. The molecule has 0 aliphatic carbocycles. The summed E-state index contributed by atoms with van der Waals surface area (Å²) in [6.45, 7) is 1.51. The predicted octanol–water partition coefficient (Wildman–Crippen LogP) is 3.19. The first-order valence-corrected chi connectivity index (χ1v) is 9.73. The minimum atomic E-state index is -0.300. The zero-order valence-electron chi connectivity index (χ0n) is 15.6. The summed E-state index contributed by atoms with van der Waals surface area (Å²) < 4.78 is 1.47. The van der Waals surface area contributed by atoms with Crippen molar-refractivity contribution in [3.63, 3.8) is 0 Å². The van der Waals surface area contributed by atoms with Crippen LogP contribution in [0.25, 0.3) is 5.69 Å². The Morgan fingerprint density at radius 2 is 1.86 bits per heavy atom. The Bertz CT molecular complexity index is 1030. The number of piperidine rings is 1. The van der Waals surface area contributed by atoms with E-state index in [0.29, 0.717) is 27.5 Å². The van der Waals surface area contributed by atoms with Gasteiger partial charge in [0.05, 0.1) is 16.3 Å². The molecule has 29 heavy (non-hydrogen) atoms. The van der Waals surface area contributed by atoms with Crippen LogP contribution in [0.3, 0.4) is 0 Å². The van der Waals surface area contributed by atoms with E-state index in [1.54, 1.807) is 42.5 Å². The molecule has 1 aromatic heterocycles. The number of nitrogens with zero attached hydrogens (tertiary/aromatic N) is 5. The van der Waals surface area contributed by atoms with Gasteiger partial charge >= 0.3 is 0 Å². The molecule has 0 saturated carbocycles. The fraction of sp³-hybridized carbons (Fsp3) is 0.250. The van der Waals surface area contributed by atoms with Crippen molar-refractivity contribution >= 4 is 29.1 Å². The molecule has 8 nitrogen and oxygen atoms in total. The highest BCUT2D eigenvalue weighted by molar-refractivity contribution is 6.34. The molecule has 1 aliphatic heterocycles. The number of carbonyl (C=O) groups excluding carboxylic acids is 2. The topological polar surface area (TPSA) is 93.0 Å². The molecule has 0 spiro atoms. The normalized spacial score (nSPS) is 13.9. The minimum absolute atomic E-state index is 0.0679. The number of benzene rings is 2. The number of aromatic nitrogens is 4. The average molecular weight is 411 g/mol. The molecule has 4 rings (SSSR count). The zero-order valence-corrected chi connectivity index (χ0v) is 16.3. The van der Waals surface area contributed by atoms with E-state index in [0.717, 1.165) is 32.4 Å². The molecule has 1 saturated heterocycles. The van der Waals surface area contributed by atoms with Crippen molar-refractivity contribution < 1.29 is 9.59 Å². The van der Waals surface area contributed by atoms with Crippen molar-refractivity contribution in [2.24, 2.45) is 0 Å². The Morgan fingerprint density at radius 3 is 2.59 bits per heavy atom. The van der Waals surface area contributed by atoms with E-state index in [-0.39, 0.29) is 11.8 Å². The lowest BCUT2D eigenvalue weighted by Gasteiger charge is -2.27. The molecule has 0 radical (unpaired) electrons. The quantitative estimate of drug-likeness (QED) is 0.712. The Kier molecular flexibility index (Phi) is 5.53. The van der Waals surface area contributed by atoms with E-state index in [4.69, 9.17) is 11.6 Å². The number of hydrogen-bond acceptors (Lipinski definition) is 5. The molecule has 2 heterocycles. The molecule has 148 valence electrons. The van der Waals surface area contributed by atoms with E-state index in [9.17, 15) is 9.59 Å². The maximum atomic E-state index is 12.7. The number of anilines is 1. The second-order valence-corrected chi connectivity index (χ2v) is 7.21. The van der Waals surface area contributed by atoms with E-state index < -0.39 is 0 Å². The third-order valence-electron chi connectivity index (χ3n) is 4.82. The van der Waals surface area contributed by atoms with Gasteiger partial charge in [0.15, 0.2) is 0 Å². The molecule has 3 aromatic rings. The van der Waals surface area contributed by atoms with Crippen LogP contribution in [0.15, 0.2) is 48.8 Å². The molecule has 1 N–H and O–H groups in total. The molecule has 9 heteroatoms. The highest BCUT2D eigenvalue weighted by Gasteiger charge is 2.20. The summed E-state index contributed by atoms with van der Waals surface area (Å²) in [5.41, 5.74) is 2.08. The van der Waals surface area contributed by atoms with E-state index in [2.05, 4.69) is 20.8 Å². The molecule has 0 atom stereocenters. The standard InChI is InChI=1S/C20H19ClN6O2/c21-18-12-15(7-8-17(18)20(29)26-9-2-1-3-10-26)23-19(28)14-5-4-6-16(11-14)27-13-22-24-25-27/h4-8,11-13H,1-3,9-10H2,(H,23,28). The van der Waals surface area contributed by atoms with E-state index in [1.807, 2.05) is 4.90 Å². The number of likely N-dealkylation sites (tertiary alicyclic amines) is 1. The van der Waals surface area contributed by atoms with Crippen LogP contribution in [0.1, 0.15) is 40.0 Å². The van der Waals surface area contributed by atoms with Gasteiger partial charge in [0, 0.05) is 24.3 Å². The maximum Gasteiger partial charge on any atom is 0.255 e. The maximum absolute atomic E-state index is 12.7. The Labute approximate surface area is 172 Å². The Morgan fingerprint density at radius 1 is 1.03 bits per heavy atom. The van der Waals surface area contributed by atoms with Crippen molar-refractivity contribution in [3.05, 3.63) is 64.9 Å². The van der Waals surface area contributed by atoms with Gasteiger partial charge in [0.1, 0.15) is 6.33 Å². The van der Waals surface area contributed by atoms with Gasteiger partial charge in [-0.2, -0.15) is 0 Å². The SMILES string of the molecule is O=C(Nc1ccc(C(=O)N2CCCCC2)c(Cl)c1)c1cccc(-n2cnnn2)c1. The van der Waals surface area contributed by atoms with E-state index in [1.165, 1.54) is 11.0 Å². The van der Waals surface area contributed by atoms with Crippen LogP contribution in [-0.2, 0) is 0 Å². The minimum Gasteiger partial charge on any atom is -0.339 e. The zero-order chi connectivity index (χ0) is 20.2. The second kappa shape index (κ2) is 8.40. The summed E-state index contributed by atoms with van der Waals surface area (Å²) in [6, 6.07) is 11.9. The van der Waals surface area contributed by atoms with Crippen LogP contribution in [0.2, 0.25) is 5.02 Å². The van der Waals surface area contributed by atoms with E-state index >= 15 is 0 Å². The van der Waals surface area contributed by atoms with Gasteiger partial charge in [-0.1, -0.05) is 17.7 Å². The first-order valence-electron chi connectivity index (χ1n) is 9.35. The van der Waals surface area contributed by atoms with Gasteiger partial charge in [-0.05, 0) is 66.1 Å². The third kappa shape index (κ3) is 4.27. The average Bonchev–Trinajstić information content (AvgIpc) is 3.29. The van der Waals surface area contributed by atoms with Crippen molar-refractivity contribution in [1.82, 2.24) is 25.1 Å². The van der Waals surface area contributed by atoms with Gasteiger partial charge in [-0.15, -0.1) is 5.10 Å². The third-order valence-corrected chi connectivity index (χ3v) is 5.14. The summed E-state index contributed by atoms with van der Waals surface area (Å²) in [5, 5.41) is 14.1. The van der Waals surface area contributed by atoms with Crippen LogP contribution < -0.4 is 5.32 Å². The number of rotatable bonds is 4. The van der Waals surface area contributed by atoms with Gasteiger partial charge < -0.3 is 10.2 Å². The monoisotopic (exact) mass is 410 g/mol. The second-order valence-electron chi connectivity index (χ2n) is 6.81. The Hall–Kier alpha value is -3.26. The summed E-state index contributed by atoms with van der Waals surface area (Å²) in [5.74, 6) is -0.368. The molecular weight excluding hydrogens is 392 g/mol. The molecular formula is C20H19ClN6O2. The lowest BCUT2D eigenvalue weighted by molar-refractivity contribution is 0.0724. The molecule has 0 bridgehead atoms. The van der Waals surface area contributed by atoms with Gasteiger partial charge in [0.25, 0.3) is 11.8 Å². The van der Waals surface area contributed by atoms with Gasteiger partial charge in [-0.3, -0.25) is 9.59 Å². The number of carbonyl (C=O) groups is 2. The summed E-state index contributed by atoms with van der Waals surface area (Å²) in [7, 11) is 0. The number of halogens is 1. The van der Waals surface area contributed by atoms with Crippen molar-refractivity contribution in [2.45, 2.75) is 19.3 Å². The summed E-state index contributed by atoms with van der Waals surface area (Å²) in [6.07, 6.45) is 4.63. The molecule has 1 aliphatic rings. The highest BCUT2D eigenvalue weighted by Crippen LogP contribution is 2.24. The van der Waals surface area contributed by atoms with Crippen LogP contribution in [0.4, 0.5) is 5.69 Å². The van der Waals surface area contributed by atoms with Gasteiger partial charge in [-0.25, -0.2) is 4.68 Å². The number of hydrogen-bond donors (Lipinski definition) is 1. The van der Waals surface area contributed by atoms with Crippen LogP contribution in [-0.4, -0.2) is 50.0 Å². The first kappa shape index (κ1) is 19.1. The number of amides is 2. The highest BCUT2D eigenvalue weighted by atomic mass is 35.5. The fourth-order valence-electron chi connectivity index (χ4n) is 3.31. The number of tetrazole rings is 1. The van der Waals surface area contributed by atoms with Crippen molar-refractivity contribution in [2.75, 3.05) is 18.4 Å². The molecule has 2 aromatic carbocycles. The van der Waals surface area contributed by atoms with Crippen LogP contribution in [0, 0.1) is 0 Å². The Balaban J connectivity index is 1.48. The number of nitrogens with one attached hydrogen (secondary N) is 1. The predicted molar refractivity (Wildman–Crippen MR) is 108 cm³/mol. The molecule has 1 fully saturated rings. The van der Waals surface area contributed by atoms with Crippen molar-refractivity contribution in [1.29, 1.82) is 0 Å². The smallest absolute Gasteiger partial charge is 0.255 e. The lowest BCUT2D eigenvalue weighted by atomic mass is 10.1. The molecule has 2 amide bonds. The lowest BCUT2D eigenvalue weighted by Crippen LogP contribution is -2.35. The largest absolute Gasteiger partial charge is 0.339 e. The van der Waals surface area contributed by atoms with Crippen molar-refractivity contribution in [3.8, 4) is 5.69 Å². The summed E-state index contributed by atoms with van der Waals surface area (Å²) >= 11 is 6.34. The molecule has 0 unspecified atom stereocenters.